The number of benzene rings is 1. The van der Waals surface area contributed by atoms with E-state index in [-0.39, 0.29) is 12.3 Å². The fourth-order valence-electron chi connectivity index (χ4n) is 1.46. The first kappa shape index (κ1) is 14.8. The van der Waals surface area contributed by atoms with E-state index >= 15 is 0 Å². The zero-order chi connectivity index (χ0) is 14.6. The molecule has 0 fully saturated rings. The van der Waals surface area contributed by atoms with Crippen molar-refractivity contribution in [3.8, 4) is 0 Å². The molecule has 0 saturated carbocycles. The van der Waals surface area contributed by atoms with Crippen LogP contribution in [0.1, 0.15) is 23.7 Å². The maximum atomic E-state index is 13.3. The quantitative estimate of drug-likeness (QED) is 0.335. The van der Waals surface area contributed by atoms with Crippen LogP contribution in [0.3, 0.4) is 0 Å². The maximum absolute atomic E-state index is 13.3. The molecule has 0 bridgehead atoms. The smallest absolute Gasteiger partial charge is 0.257 e. The molecule has 104 valence electrons. The normalized spacial score (nSPS) is 13.2. The zero-order valence-electron chi connectivity index (χ0n) is 9.95. The van der Waals surface area contributed by atoms with Crippen LogP contribution in [0, 0.1) is 17.5 Å². The van der Waals surface area contributed by atoms with Gasteiger partial charge in [0.15, 0.2) is 0 Å². The molecular weight excluding hydrogens is 263 g/mol. The van der Waals surface area contributed by atoms with Gasteiger partial charge < -0.3 is 16.3 Å². The number of halogens is 3. The van der Waals surface area contributed by atoms with Crippen LogP contribution in [-0.4, -0.2) is 23.0 Å². The average Bonchev–Trinajstić information content (AvgIpc) is 2.26. The number of amides is 1. The lowest BCUT2D eigenvalue weighted by Crippen LogP contribution is -2.36. The van der Waals surface area contributed by atoms with Gasteiger partial charge in [-0.3, -0.25) is 4.79 Å². The highest BCUT2D eigenvalue weighted by Crippen LogP contribution is 2.14. The molecule has 1 aromatic rings. The van der Waals surface area contributed by atoms with Crippen molar-refractivity contribution < 1.29 is 23.2 Å². The van der Waals surface area contributed by atoms with Crippen LogP contribution in [0.4, 0.5) is 13.2 Å². The van der Waals surface area contributed by atoms with Gasteiger partial charge in [0.2, 0.25) is 0 Å². The Balaban J connectivity index is 2.85. The molecule has 0 spiro atoms. The fraction of sp³-hybridized carbons (Fsp3) is 0.273. The number of nitrogens with one attached hydrogen (secondary N) is 1. The molecule has 4 N–H and O–H groups in total. The van der Waals surface area contributed by atoms with E-state index in [2.05, 4.69) is 10.5 Å². The predicted octanol–water partition coefficient (Wildman–Crippen LogP) is 1.36. The van der Waals surface area contributed by atoms with Gasteiger partial charge in [0, 0.05) is 24.6 Å². The van der Waals surface area contributed by atoms with Gasteiger partial charge in [0.25, 0.3) is 5.91 Å². The molecule has 0 aliphatic carbocycles. The summed E-state index contributed by atoms with van der Waals surface area (Å²) >= 11 is 0. The van der Waals surface area contributed by atoms with Crippen LogP contribution < -0.4 is 11.1 Å². The third-order valence-electron chi connectivity index (χ3n) is 2.26. The number of rotatable bonds is 4. The summed E-state index contributed by atoms with van der Waals surface area (Å²) in [5.74, 6) is -4.91. The van der Waals surface area contributed by atoms with Gasteiger partial charge in [-0.15, -0.1) is 0 Å². The predicted molar refractivity (Wildman–Crippen MR) is 61.3 cm³/mol. The second-order valence-corrected chi connectivity index (χ2v) is 3.91. The Morgan fingerprint density at radius 2 is 1.95 bits per heavy atom. The minimum Gasteiger partial charge on any atom is -0.409 e. The van der Waals surface area contributed by atoms with Gasteiger partial charge in [-0.25, -0.2) is 13.2 Å². The third kappa shape index (κ3) is 3.87. The molecule has 8 heteroatoms. The lowest BCUT2D eigenvalue weighted by Gasteiger charge is -2.13. The summed E-state index contributed by atoms with van der Waals surface area (Å²) < 4.78 is 39.3. The Kier molecular flexibility index (Phi) is 4.74. The van der Waals surface area contributed by atoms with Crippen molar-refractivity contribution in [1.82, 2.24) is 5.32 Å². The summed E-state index contributed by atoms with van der Waals surface area (Å²) in [5.41, 5.74) is 4.34. The van der Waals surface area contributed by atoms with Gasteiger partial charge in [-0.05, 0) is 6.92 Å². The number of carbonyl (C=O) groups is 1. The molecule has 1 amide bonds. The number of oxime groups is 1. The minimum atomic E-state index is -1.30. The molecule has 0 radical (unpaired) electrons. The first-order valence-electron chi connectivity index (χ1n) is 5.27. The third-order valence-corrected chi connectivity index (χ3v) is 2.26. The van der Waals surface area contributed by atoms with Crippen molar-refractivity contribution in [1.29, 1.82) is 0 Å². The molecule has 1 unspecified atom stereocenters. The summed E-state index contributed by atoms with van der Waals surface area (Å²) in [5, 5.41) is 13.3. The SMILES string of the molecule is CC(CC(N)=NO)NC(=O)c1c(F)cc(F)cc1F. The van der Waals surface area contributed by atoms with Gasteiger partial charge in [0.1, 0.15) is 28.9 Å². The van der Waals surface area contributed by atoms with E-state index in [9.17, 15) is 18.0 Å². The highest BCUT2D eigenvalue weighted by atomic mass is 19.1. The monoisotopic (exact) mass is 275 g/mol. The van der Waals surface area contributed by atoms with E-state index in [1.807, 2.05) is 0 Å². The standard InChI is InChI=1S/C11H12F3N3O2/c1-5(2-9(15)17-19)16-11(18)10-7(13)3-6(12)4-8(10)14/h3-5,19H,2H2,1H3,(H2,15,17)(H,16,18). The Morgan fingerprint density at radius 3 is 2.42 bits per heavy atom. The number of nitrogens with zero attached hydrogens (tertiary/aromatic N) is 1. The van der Waals surface area contributed by atoms with Crippen LogP contribution in [0.2, 0.25) is 0 Å². The summed E-state index contributed by atoms with van der Waals surface area (Å²) in [6, 6.07) is 0.200. The highest BCUT2D eigenvalue weighted by molar-refractivity contribution is 5.95. The molecular formula is C11H12F3N3O2. The van der Waals surface area contributed by atoms with Gasteiger partial charge >= 0.3 is 0 Å². The summed E-state index contributed by atoms with van der Waals surface area (Å²) in [4.78, 5) is 11.6. The summed E-state index contributed by atoms with van der Waals surface area (Å²) in [6.45, 7) is 1.50. The largest absolute Gasteiger partial charge is 0.409 e. The first-order chi connectivity index (χ1) is 8.85. The summed E-state index contributed by atoms with van der Waals surface area (Å²) in [7, 11) is 0. The van der Waals surface area contributed by atoms with Crippen molar-refractivity contribution >= 4 is 11.7 Å². The van der Waals surface area contributed by atoms with Crippen LogP contribution in [0.15, 0.2) is 17.3 Å². The fourth-order valence-corrected chi connectivity index (χ4v) is 1.46. The van der Waals surface area contributed by atoms with E-state index < -0.39 is 35.0 Å². The van der Waals surface area contributed by atoms with Crippen LogP contribution in [0.5, 0.6) is 0 Å². The highest BCUT2D eigenvalue weighted by Gasteiger charge is 2.20. The second kappa shape index (κ2) is 6.07. The van der Waals surface area contributed by atoms with E-state index in [0.29, 0.717) is 12.1 Å². The molecule has 19 heavy (non-hydrogen) atoms. The number of carbonyl (C=O) groups excluding carboxylic acids is 1. The van der Waals surface area contributed by atoms with Crippen molar-refractivity contribution in [3.05, 3.63) is 35.1 Å². The molecule has 0 aliphatic rings. The Bertz CT molecular complexity index is 497. The lowest BCUT2D eigenvalue weighted by molar-refractivity contribution is 0.0932. The van der Waals surface area contributed by atoms with Gasteiger partial charge in [-0.2, -0.15) is 0 Å². The van der Waals surface area contributed by atoms with E-state index in [1.54, 1.807) is 0 Å². The number of hydrogen-bond donors (Lipinski definition) is 3. The van der Waals surface area contributed by atoms with E-state index in [4.69, 9.17) is 10.9 Å². The molecule has 5 nitrogen and oxygen atoms in total. The van der Waals surface area contributed by atoms with Crippen LogP contribution >= 0.6 is 0 Å². The second-order valence-electron chi connectivity index (χ2n) is 3.91. The molecule has 0 heterocycles. The first-order valence-corrected chi connectivity index (χ1v) is 5.27. The van der Waals surface area contributed by atoms with Crippen molar-refractivity contribution in [2.75, 3.05) is 0 Å². The molecule has 0 aromatic heterocycles. The van der Waals surface area contributed by atoms with Crippen molar-refractivity contribution in [3.63, 3.8) is 0 Å². The van der Waals surface area contributed by atoms with Crippen LogP contribution in [0.25, 0.3) is 0 Å². The maximum Gasteiger partial charge on any atom is 0.257 e. The average molecular weight is 275 g/mol. The Morgan fingerprint density at radius 1 is 1.42 bits per heavy atom. The topological polar surface area (TPSA) is 87.7 Å². The molecule has 1 atom stereocenters. The number of nitrogens with two attached hydrogens (primary N) is 1. The summed E-state index contributed by atoms with van der Waals surface area (Å²) in [6.07, 6.45) is -0.00727. The molecule has 0 saturated heterocycles. The lowest BCUT2D eigenvalue weighted by atomic mass is 10.1. The number of hydrogen-bond acceptors (Lipinski definition) is 3. The van der Waals surface area contributed by atoms with Crippen LogP contribution in [-0.2, 0) is 0 Å². The Labute approximate surface area is 106 Å². The molecule has 1 rings (SSSR count). The number of amidine groups is 1. The van der Waals surface area contributed by atoms with E-state index in [0.717, 1.165) is 0 Å². The Hall–Kier alpha value is -2.25. The minimum absolute atomic E-state index is 0.00727. The molecule has 1 aromatic carbocycles. The van der Waals surface area contributed by atoms with Crippen molar-refractivity contribution in [2.45, 2.75) is 19.4 Å². The van der Waals surface area contributed by atoms with Gasteiger partial charge in [-0.1, -0.05) is 5.16 Å². The van der Waals surface area contributed by atoms with Gasteiger partial charge in [0.05, 0.1) is 0 Å². The van der Waals surface area contributed by atoms with Crippen molar-refractivity contribution in [2.24, 2.45) is 10.9 Å². The zero-order valence-corrected chi connectivity index (χ0v) is 9.95. The van der Waals surface area contributed by atoms with E-state index in [1.165, 1.54) is 6.92 Å². The molecule has 0 aliphatic heterocycles.